The molecule has 124 valence electrons. The molecule has 5 heteroatoms. The van der Waals surface area contributed by atoms with E-state index >= 15 is 0 Å². The summed E-state index contributed by atoms with van der Waals surface area (Å²) in [7, 11) is 0. The molecule has 1 atom stereocenters. The Kier molecular flexibility index (Phi) is 4.55. The maximum atomic E-state index is 12.7. The first-order chi connectivity index (χ1) is 11.0. The zero-order valence-corrected chi connectivity index (χ0v) is 13.9. The first-order valence-electron chi connectivity index (χ1n) is 8.47. The number of amides is 2. The fraction of sp³-hybridized carbons (Fsp3) is 0.556. The van der Waals surface area contributed by atoms with E-state index in [-0.39, 0.29) is 17.7 Å². The van der Waals surface area contributed by atoms with Gasteiger partial charge in [-0.1, -0.05) is 26.0 Å². The Balaban J connectivity index is 1.75. The molecule has 1 aromatic rings. The largest absolute Gasteiger partial charge is 0.360 e. The molecule has 23 heavy (non-hydrogen) atoms. The Hall–Kier alpha value is -2.04. The highest BCUT2D eigenvalue weighted by Crippen LogP contribution is 2.30. The third kappa shape index (κ3) is 3.49. The minimum absolute atomic E-state index is 0.0131. The van der Waals surface area contributed by atoms with Crippen molar-refractivity contribution in [2.45, 2.75) is 26.7 Å². The molecular weight excluding hydrogens is 290 g/mol. The van der Waals surface area contributed by atoms with Crippen molar-refractivity contribution in [3.05, 3.63) is 24.3 Å². The maximum absolute atomic E-state index is 12.7. The molecule has 1 aromatic carbocycles. The third-order valence-electron chi connectivity index (χ3n) is 4.91. The van der Waals surface area contributed by atoms with Crippen molar-refractivity contribution in [3.63, 3.8) is 0 Å². The van der Waals surface area contributed by atoms with E-state index in [9.17, 15) is 9.59 Å². The van der Waals surface area contributed by atoms with Gasteiger partial charge in [0.05, 0.1) is 23.8 Å². The van der Waals surface area contributed by atoms with Crippen LogP contribution in [-0.4, -0.2) is 42.9 Å². The molecule has 1 N–H and O–H groups in total. The highest BCUT2D eigenvalue weighted by atomic mass is 16.2. The molecule has 2 heterocycles. The minimum Gasteiger partial charge on any atom is -0.360 e. The summed E-state index contributed by atoms with van der Waals surface area (Å²) in [5.74, 6) is 0.740. The molecule has 0 aromatic heterocycles. The SMILES string of the molecule is CC1CCN(C(=O)CN2C[C@@H](C)C(=O)Nc3ccccc32)CC1. The Morgan fingerprint density at radius 3 is 2.65 bits per heavy atom. The number of piperidine rings is 1. The van der Waals surface area contributed by atoms with E-state index in [0.717, 1.165) is 37.3 Å². The first-order valence-corrected chi connectivity index (χ1v) is 8.47. The van der Waals surface area contributed by atoms with Gasteiger partial charge in [0.25, 0.3) is 0 Å². The summed E-state index contributed by atoms with van der Waals surface area (Å²) in [5.41, 5.74) is 1.73. The summed E-state index contributed by atoms with van der Waals surface area (Å²) in [6.07, 6.45) is 2.16. The van der Waals surface area contributed by atoms with Crippen molar-refractivity contribution in [1.29, 1.82) is 0 Å². The number of benzene rings is 1. The maximum Gasteiger partial charge on any atom is 0.242 e. The van der Waals surface area contributed by atoms with Gasteiger partial charge in [0.1, 0.15) is 0 Å². The smallest absolute Gasteiger partial charge is 0.242 e. The van der Waals surface area contributed by atoms with E-state index in [4.69, 9.17) is 0 Å². The van der Waals surface area contributed by atoms with Gasteiger partial charge in [0.2, 0.25) is 11.8 Å². The second-order valence-corrected chi connectivity index (χ2v) is 6.85. The predicted molar refractivity (Wildman–Crippen MR) is 91.4 cm³/mol. The summed E-state index contributed by atoms with van der Waals surface area (Å²) in [5, 5.41) is 2.96. The Morgan fingerprint density at radius 1 is 1.22 bits per heavy atom. The predicted octanol–water partition coefficient (Wildman–Crippen LogP) is 2.34. The van der Waals surface area contributed by atoms with Gasteiger partial charge in [-0.25, -0.2) is 0 Å². The number of hydrogen-bond acceptors (Lipinski definition) is 3. The zero-order valence-electron chi connectivity index (χ0n) is 13.9. The summed E-state index contributed by atoms with van der Waals surface area (Å²) in [4.78, 5) is 28.8. The van der Waals surface area contributed by atoms with Crippen molar-refractivity contribution in [2.24, 2.45) is 11.8 Å². The van der Waals surface area contributed by atoms with Crippen LogP contribution in [0, 0.1) is 11.8 Å². The van der Waals surface area contributed by atoms with E-state index in [1.807, 2.05) is 41.0 Å². The van der Waals surface area contributed by atoms with Gasteiger partial charge in [-0.2, -0.15) is 0 Å². The average Bonchev–Trinajstić information content (AvgIpc) is 2.65. The number of carbonyl (C=O) groups excluding carboxylic acids is 2. The van der Waals surface area contributed by atoms with E-state index in [1.54, 1.807) is 0 Å². The van der Waals surface area contributed by atoms with Crippen molar-refractivity contribution < 1.29 is 9.59 Å². The number of nitrogens with one attached hydrogen (secondary N) is 1. The van der Waals surface area contributed by atoms with Crippen molar-refractivity contribution >= 4 is 23.2 Å². The van der Waals surface area contributed by atoms with Gasteiger partial charge >= 0.3 is 0 Å². The van der Waals surface area contributed by atoms with Crippen LogP contribution in [0.2, 0.25) is 0 Å². The molecule has 2 aliphatic rings. The molecule has 2 aliphatic heterocycles. The topological polar surface area (TPSA) is 52.7 Å². The Labute approximate surface area is 137 Å². The van der Waals surface area contributed by atoms with Crippen LogP contribution in [0.25, 0.3) is 0 Å². The molecule has 3 rings (SSSR count). The molecule has 1 saturated heterocycles. The van der Waals surface area contributed by atoms with Crippen molar-refractivity contribution in [1.82, 2.24) is 4.90 Å². The molecule has 0 radical (unpaired) electrons. The lowest BCUT2D eigenvalue weighted by Crippen LogP contribution is -2.45. The van der Waals surface area contributed by atoms with Crippen LogP contribution in [0.5, 0.6) is 0 Å². The van der Waals surface area contributed by atoms with E-state index in [1.165, 1.54) is 0 Å². The number of rotatable bonds is 2. The van der Waals surface area contributed by atoms with Gasteiger partial charge < -0.3 is 15.1 Å². The van der Waals surface area contributed by atoms with Crippen LogP contribution in [-0.2, 0) is 9.59 Å². The lowest BCUT2D eigenvalue weighted by atomic mass is 9.99. The molecule has 2 amide bonds. The van der Waals surface area contributed by atoms with Crippen LogP contribution in [0.1, 0.15) is 26.7 Å². The summed E-state index contributed by atoms with van der Waals surface area (Å²) in [6.45, 7) is 6.75. The van der Waals surface area contributed by atoms with Crippen LogP contribution in [0.15, 0.2) is 24.3 Å². The number of fused-ring (bicyclic) bond motifs is 1. The van der Waals surface area contributed by atoms with Crippen LogP contribution in [0.4, 0.5) is 11.4 Å². The minimum atomic E-state index is -0.142. The fourth-order valence-electron chi connectivity index (χ4n) is 3.29. The summed E-state index contributed by atoms with van der Waals surface area (Å²) < 4.78 is 0. The second-order valence-electron chi connectivity index (χ2n) is 6.85. The second kappa shape index (κ2) is 6.60. The summed E-state index contributed by atoms with van der Waals surface area (Å²) >= 11 is 0. The molecule has 0 unspecified atom stereocenters. The number of nitrogens with zero attached hydrogens (tertiary/aromatic N) is 2. The lowest BCUT2D eigenvalue weighted by molar-refractivity contribution is -0.131. The average molecular weight is 315 g/mol. The standard InChI is InChI=1S/C18H25N3O2/c1-13-7-9-20(10-8-13)17(22)12-21-11-14(2)18(23)19-15-5-3-4-6-16(15)21/h3-6,13-14H,7-12H2,1-2H3,(H,19,23)/t14-/m1/s1. The van der Waals surface area contributed by atoms with Gasteiger partial charge in [0, 0.05) is 19.6 Å². The molecule has 0 aliphatic carbocycles. The van der Waals surface area contributed by atoms with Crippen molar-refractivity contribution in [2.75, 3.05) is 36.4 Å². The third-order valence-corrected chi connectivity index (χ3v) is 4.91. The number of hydrogen-bond donors (Lipinski definition) is 1. The number of carbonyl (C=O) groups is 2. The molecule has 0 bridgehead atoms. The van der Waals surface area contributed by atoms with Gasteiger partial charge in [-0.3, -0.25) is 9.59 Å². The number of likely N-dealkylation sites (tertiary alicyclic amines) is 1. The lowest BCUT2D eigenvalue weighted by Gasteiger charge is -2.33. The highest BCUT2D eigenvalue weighted by Gasteiger charge is 2.28. The van der Waals surface area contributed by atoms with E-state index < -0.39 is 0 Å². The van der Waals surface area contributed by atoms with Crippen LogP contribution < -0.4 is 10.2 Å². The van der Waals surface area contributed by atoms with E-state index in [0.29, 0.717) is 19.0 Å². The number of anilines is 2. The van der Waals surface area contributed by atoms with Crippen LogP contribution >= 0.6 is 0 Å². The highest BCUT2D eigenvalue weighted by molar-refractivity contribution is 5.98. The fourth-order valence-corrected chi connectivity index (χ4v) is 3.29. The molecular formula is C18H25N3O2. The Morgan fingerprint density at radius 2 is 1.91 bits per heavy atom. The van der Waals surface area contributed by atoms with Crippen molar-refractivity contribution in [3.8, 4) is 0 Å². The normalized spacial score (nSPS) is 22.3. The molecule has 0 spiro atoms. The molecule has 5 nitrogen and oxygen atoms in total. The van der Waals surface area contributed by atoms with Gasteiger partial charge in [-0.15, -0.1) is 0 Å². The Bertz CT molecular complexity index is 594. The molecule has 0 saturated carbocycles. The monoisotopic (exact) mass is 315 g/mol. The summed E-state index contributed by atoms with van der Waals surface area (Å²) in [6, 6.07) is 7.71. The number of para-hydroxylation sites is 2. The zero-order chi connectivity index (χ0) is 16.4. The van der Waals surface area contributed by atoms with Gasteiger partial charge in [0.15, 0.2) is 0 Å². The molecule has 1 fully saturated rings. The van der Waals surface area contributed by atoms with E-state index in [2.05, 4.69) is 12.2 Å². The van der Waals surface area contributed by atoms with Gasteiger partial charge in [-0.05, 0) is 30.9 Å². The van der Waals surface area contributed by atoms with Crippen LogP contribution in [0.3, 0.4) is 0 Å². The first kappa shape index (κ1) is 15.8. The quantitative estimate of drug-likeness (QED) is 0.911.